The van der Waals surface area contributed by atoms with Gasteiger partial charge in [0.05, 0.1) is 11.0 Å². The smallest absolute Gasteiger partial charge is 0.253 e. The standard InChI is InChI=1S/C28H30N4O3/c1-4-31(5-2)28(34)21-12-14-22(15-13-21)29-27(33)18-32-25-9-7-6-8-24(25)30-26(32)19-35-23-16-10-20(3)11-17-23/h6-17H,4-5,18-19H2,1-3H3,(H,29,33). The number of rotatable bonds is 9. The van der Waals surface area contributed by atoms with Crippen molar-refractivity contribution in [2.75, 3.05) is 18.4 Å². The zero-order valence-electron chi connectivity index (χ0n) is 20.3. The van der Waals surface area contributed by atoms with E-state index in [1.54, 1.807) is 29.2 Å². The molecular weight excluding hydrogens is 440 g/mol. The Balaban J connectivity index is 1.47. The number of imidazole rings is 1. The van der Waals surface area contributed by atoms with E-state index in [1.807, 2.05) is 73.9 Å². The Kier molecular flexibility index (Phi) is 7.45. The maximum Gasteiger partial charge on any atom is 0.253 e. The van der Waals surface area contributed by atoms with Crippen LogP contribution in [0.25, 0.3) is 11.0 Å². The van der Waals surface area contributed by atoms with Gasteiger partial charge in [-0.1, -0.05) is 29.8 Å². The van der Waals surface area contributed by atoms with Crippen LogP contribution < -0.4 is 10.1 Å². The molecular formula is C28H30N4O3. The van der Waals surface area contributed by atoms with Gasteiger partial charge < -0.3 is 19.5 Å². The van der Waals surface area contributed by atoms with Crippen LogP contribution in [0.4, 0.5) is 5.69 Å². The van der Waals surface area contributed by atoms with Crippen LogP contribution in [0.3, 0.4) is 0 Å². The number of anilines is 1. The van der Waals surface area contributed by atoms with Gasteiger partial charge in [-0.25, -0.2) is 4.98 Å². The van der Waals surface area contributed by atoms with E-state index in [4.69, 9.17) is 4.74 Å². The first-order valence-corrected chi connectivity index (χ1v) is 11.8. The number of ether oxygens (including phenoxy) is 1. The number of carbonyl (C=O) groups excluding carboxylic acids is 2. The second-order valence-electron chi connectivity index (χ2n) is 8.31. The lowest BCUT2D eigenvalue weighted by atomic mass is 10.1. The fraction of sp³-hybridized carbons (Fsp3) is 0.250. The summed E-state index contributed by atoms with van der Waals surface area (Å²) in [5, 5.41) is 2.92. The lowest BCUT2D eigenvalue weighted by Crippen LogP contribution is -2.30. The van der Waals surface area contributed by atoms with Gasteiger partial charge in [0.25, 0.3) is 5.91 Å². The fourth-order valence-electron chi connectivity index (χ4n) is 3.93. The van der Waals surface area contributed by atoms with Gasteiger partial charge in [-0.05, 0) is 69.3 Å². The van der Waals surface area contributed by atoms with Gasteiger partial charge in [0, 0.05) is 24.3 Å². The van der Waals surface area contributed by atoms with Gasteiger partial charge in [0.2, 0.25) is 5.91 Å². The highest BCUT2D eigenvalue weighted by Crippen LogP contribution is 2.19. The highest BCUT2D eigenvalue weighted by atomic mass is 16.5. The minimum atomic E-state index is -0.187. The van der Waals surface area contributed by atoms with Gasteiger partial charge in [-0.3, -0.25) is 9.59 Å². The zero-order chi connectivity index (χ0) is 24.8. The SMILES string of the molecule is CCN(CC)C(=O)c1ccc(NC(=O)Cn2c(COc3ccc(C)cc3)nc3ccccc32)cc1. The molecule has 2 amide bonds. The number of fused-ring (bicyclic) bond motifs is 1. The molecule has 3 aromatic carbocycles. The van der Waals surface area contributed by atoms with E-state index < -0.39 is 0 Å². The molecule has 0 aliphatic rings. The van der Waals surface area contributed by atoms with Crippen molar-refractivity contribution in [2.45, 2.75) is 33.9 Å². The summed E-state index contributed by atoms with van der Waals surface area (Å²) in [6.45, 7) is 7.58. The van der Waals surface area contributed by atoms with E-state index >= 15 is 0 Å². The van der Waals surface area contributed by atoms with Crippen molar-refractivity contribution < 1.29 is 14.3 Å². The summed E-state index contributed by atoms with van der Waals surface area (Å²) < 4.78 is 7.81. The number of aromatic nitrogens is 2. The summed E-state index contributed by atoms with van der Waals surface area (Å²) in [5.41, 5.74) is 4.06. The minimum absolute atomic E-state index is 0.0176. The van der Waals surface area contributed by atoms with Crippen LogP contribution in [0.15, 0.2) is 72.8 Å². The molecule has 0 aliphatic carbocycles. The van der Waals surface area contributed by atoms with E-state index in [-0.39, 0.29) is 25.0 Å². The van der Waals surface area contributed by atoms with Crippen molar-refractivity contribution >= 4 is 28.5 Å². The number of hydrogen-bond acceptors (Lipinski definition) is 4. The van der Waals surface area contributed by atoms with Crippen molar-refractivity contribution in [3.63, 3.8) is 0 Å². The highest BCUT2D eigenvalue weighted by Gasteiger charge is 2.16. The first kappa shape index (κ1) is 24.0. The van der Waals surface area contributed by atoms with Crippen LogP contribution in [0, 0.1) is 6.92 Å². The molecule has 0 fully saturated rings. The van der Waals surface area contributed by atoms with Crippen LogP contribution in [-0.2, 0) is 17.9 Å². The summed E-state index contributed by atoms with van der Waals surface area (Å²) in [6.07, 6.45) is 0. The Bertz CT molecular complexity index is 1310. The number of aryl methyl sites for hydroxylation is 1. The van der Waals surface area contributed by atoms with E-state index in [0.717, 1.165) is 22.3 Å². The van der Waals surface area contributed by atoms with Crippen molar-refractivity contribution in [1.82, 2.24) is 14.5 Å². The number of carbonyl (C=O) groups is 2. The van der Waals surface area contributed by atoms with Crippen molar-refractivity contribution in [3.05, 3.63) is 89.7 Å². The summed E-state index contributed by atoms with van der Waals surface area (Å²) in [7, 11) is 0. The molecule has 0 saturated heterocycles. The molecule has 0 aliphatic heterocycles. The first-order valence-electron chi connectivity index (χ1n) is 11.8. The second kappa shape index (κ2) is 10.9. The molecule has 4 aromatic rings. The van der Waals surface area contributed by atoms with Crippen LogP contribution in [0.5, 0.6) is 5.75 Å². The summed E-state index contributed by atoms with van der Waals surface area (Å²) in [6, 6.07) is 22.5. The van der Waals surface area contributed by atoms with Gasteiger partial charge >= 0.3 is 0 Å². The molecule has 0 saturated carbocycles. The monoisotopic (exact) mass is 470 g/mol. The van der Waals surface area contributed by atoms with E-state index in [1.165, 1.54) is 0 Å². The maximum absolute atomic E-state index is 12.9. The Hall–Kier alpha value is -4.13. The summed E-state index contributed by atoms with van der Waals surface area (Å²) in [5.74, 6) is 1.21. The van der Waals surface area contributed by atoms with Crippen LogP contribution >= 0.6 is 0 Å². The number of benzene rings is 3. The quantitative estimate of drug-likeness (QED) is 0.372. The average molecular weight is 471 g/mol. The Morgan fingerprint density at radius 2 is 1.63 bits per heavy atom. The van der Waals surface area contributed by atoms with Crippen LogP contribution in [0.1, 0.15) is 35.6 Å². The third-order valence-electron chi connectivity index (χ3n) is 5.89. The third kappa shape index (κ3) is 5.69. The van der Waals surface area contributed by atoms with E-state index in [2.05, 4.69) is 10.3 Å². The van der Waals surface area contributed by atoms with Gasteiger partial charge in [-0.2, -0.15) is 0 Å². The van der Waals surface area contributed by atoms with E-state index in [0.29, 0.717) is 30.2 Å². The Morgan fingerprint density at radius 1 is 0.943 bits per heavy atom. The topological polar surface area (TPSA) is 76.5 Å². The molecule has 180 valence electrons. The highest BCUT2D eigenvalue weighted by molar-refractivity contribution is 5.96. The number of para-hydroxylation sites is 2. The predicted molar refractivity (Wildman–Crippen MR) is 138 cm³/mol. The molecule has 35 heavy (non-hydrogen) atoms. The van der Waals surface area contributed by atoms with Crippen LogP contribution in [0.2, 0.25) is 0 Å². The minimum Gasteiger partial charge on any atom is -0.486 e. The molecule has 7 heteroatoms. The largest absolute Gasteiger partial charge is 0.486 e. The lowest BCUT2D eigenvalue weighted by Gasteiger charge is -2.18. The third-order valence-corrected chi connectivity index (χ3v) is 5.89. The fourth-order valence-corrected chi connectivity index (χ4v) is 3.93. The zero-order valence-corrected chi connectivity index (χ0v) is 20.3. The molecule has 1 aromatic heterocycles. The molecule has 0 unspecified atom stereocenters. The molecule has 1 heterocycles. The lowest BCUT2D eigenvalue weighted by molar-refractivity contribution is -0.116. The number of hydrogen-bond donors (Lipinski definition) is 1. The average Bonchev–Trinajstić information content (AvgIpc) is 3.22. The molecule has 0 bridgehead atoms. The van der Waals surface area contributed by atoms with Gasteiger partial charge in [-0.15, -0.1) is 0 Å². The molecule has 4 rings (SSSR count). The Labute approximate surface area is 205 Å². The van der Waals surface area contributed by atoms with Crippen molar-refractivity contribution in [2.24, 2.45) is 0 Å². The van der Waals surface area contributed by atoms with Crippen molar-refractivity contribution in [1.29, 1.82) is 0 Å². The maximum atomic E-state index is 12.9. The normalized spacial score (nSPS) is 10.8. The molecule has 0 radical (unpaired) electrons. The number of nitrogens with zero attached hydrogens (tertiary/aromatic N) is 3. The summed E-state index contributed by atoms with van der Waals surface area (Å²) >= 11 is 0. The number of nitrogens with one attached hydrogen (secondary N) is 1. The molecule has 1 N–H and O–H groups in total. The molecule has 7 nitrogen and oxygen atoms in total. The first-order chi connectivity index (χ1) is 17.0. The summed E-state index contributed by atoms with van der Waals surface area (Å²) in [4.78, 5) is 31.9. The molecule has 0 spiro atoms. The van der Waals surface area contributed by atoms with Gasteiger partial charge in [0.15, 0.2) is 0 Å². The van der Waals surface area contributed by atoms with Crippen LogP contribution in [-0.4, -0.2) is 39.4 Å². The van der Waals surface area contributed by atoms with E-state index in [9.17, 15) is 9.59 Å². The predicted octanol–water partition coefficient (Wildman–Crippen LogP) is 5.04. The van der Waals surface area contributed by atoms with Crippen molar-refractivity contribution in [3.8, 4) is 5.75 Å². The Morgan fingerprint density at radius 3 is 2.31 bits per heavy atom. The van der Waals surface area contributed by atoms with Gasteiger partial charge in [0.1, 0.15) is 24.7 Å². The second-order valence-corrected chi connectivity index (χ2v) is 8.31. The number of amides is 2. The molecule has 0 atom stereocenters.